The van der Waals surface area contributed by atoms with Crippen LogP contribution >= 0.6 is 0 Å². The molecule has 4 nitrogen and oxygen atoms in total. The molecule has 2 aromatic carbocycles. The zero-order chi connectivity index (χ0) is 16.1. The summed E-state index contributed by atoms with van der Waals surface area (Å²) in [6.07, 6.45) is 0.584. The van der Waals surface area contributed by atoms with E-state index in [1.165, 1.54) is 6.07 Å². The van der Waals surface area contributed by atoms with E-state index in [1.54, 1.807) is 13.2 Å². The second-order valence-electron chi connectivity index (χ2n) is 5.24. The number of methoxy groups -OCH3 is 1. The molecule has 0 saturated heterocycles. The van der Waals surface area contributed by atoms with Crippen LogP contribution in [0.2, 0.25) is 0 Å². The van der Waals surface area contributed by atoms with Crippen molar-refractivity contribution in [3.05, 3.63) is 35.6 Å². The molecule has 22 heavy (non-hydrogen) atoms. The van der Waals surface area contributed by atoms with E-state index in [-0.39, 0.29) is 26.5 Å². The molecule has 0 heterocycles. The monoisotopic (exact) mass is 302 g/mol. The first-order valence-corrected chi connectivity index (χ1v) is 7.25. The Morgan fingerprint density at radius 2 is 2.14 bits per heavy atom. The number of hydrogen-bond donors (Lipinski definition) is 1. The number of benzene rings is 2. The van der Waals surface area contributed by atoms with Crippen LogP contribution in [0.15, 0.2) is 24.3 Å². The first-order valence-electron chi connectivity index (χ1n) is 7.25. The minimum atomic E-state index is -0.223. The second kappa shape index (κ2) is 7.67. The fourth-order valence-electron chi connectivity index (χ4n) is 2.67. The Bertz CT molecular complexity index is 654. The summed E-state index contributed by atoms with van der Waals surface area (Å²) in [4.78, 5) is 4.27. The third-order valence-electron chi connectivity index (χ3n) is 3.72. The SMILES string of the molecule is BB(BOO)c1cc(OCOC)cc2ccc(F)c(CC)c12. The molecule has 0 atom stereocenters. The summed E-state index contributed by atoms with van der Waals surface area (Å²) < 4.78 is 24.6. The fourth-order valence-corrected chi connectivity index (χ4v) is 2.67. The molecular weight excluding hydrogens is 284 g/mol. The normalized spacial score (nSPS) is 10.7. The minimum absolute atomic E-state index is 0.106. The Morgan fingerprint density at radius 1 is 1.36 bits per heavy atom. The van der Waals surface area contributed by atoms with Crippen LogP contribution in [0.3, 0.4) is 0 Å². The molecule has 0 aliphatic heterocycles. The summed E-state index contributed by atoms with van der Waals surface area (Å²) in [7, 11) is 3.59. The average molecular weight is 302 g/mol. The molecule has 0 spiro atoms. The molecule has 0 bridgehead atoms. The van der Waals surface area contributed by atoms with Gasteiger partial charge in [0.25, 0.3) is 7.37 Å². The van der Waals surface area contributed by atoms with E-state index in [2.05, 4.69) is 4.81 Å². The lowest BCUT2D eigenvalue weighted by Crippen LogP contribution is -2.39. The van der Waals surface area contributed by atoms with Gasteiger partial charge in [-0.25, -0.2) is 4.39 Å². The fraction of sp³-hybridized carbons (Fsp3) is 0.286. The van der Waals surface area contributed by atoms with Gasteiger partial charge < -0.3 is 14.3 Å². The van der Waals surface area contributed by atoms with Gasteiger partial charge in [0.2, 0.25) is 0 Å². The Balaban J connectivity index is 2.65. The van der Waals surface area contributed by atoms with Crippen molar-refractivity contribution < 1.29 is 23.9 Å². The maximum atomic E-state index is 14.1. The lowest BCUT2D eigenvalue weighted by atomic mass is 9.13. The van der Waals surface area contributed by atoms with Crippen molar-refractivity contribution >= 4 is 37.8 Å². The summed E-state index contributed by atoms with van der Waals surface area (Å²) in [5.74, 6) is 0.418. The highest BCUT2D eigenvalue weighted by atomic mass is 19.1. The molecule has 0 unspecified atom stereocenters. The molecule has 8 heteroatoms. The largest absolute Gasteiger partial charge is 0.468 e. The van der Waals surface area contributed by atoms with Gasteiger partial charge >= 0.3 is 0 Å². The summed E-state index contributed by atoms with van der Waals surface area (Å²) in [6, 6.07) is 6.92. The third-order valence-corrected chi connectivity index (χ3v) is 3.72. The van der Waals surface area contributed by atoms with Crippen LogP contribution in [-0.4, -0.2) is 40.8 Å². The van der Waals surface area contributed by atoms with E-state index < -0.39 is 0 Å². The highest BCUT2D eigenvalue weighted by Gasteiger charge is 2.20. The van der Waals surface area contributed by atoms with Crippen molar-refractivity contribution in [3.8, 4) is 5.75 Å². The van der Waals surface area contributed by atoms with Gasteiger partial charge in [0.15, 0.2) is 6.79 Å². The standard InChI is InChI=1S/C14H18B3FO4/c1-3-11-13(18)5-4-9-6-10(21-8-20-2)7-12(14(9)11)17(15)16-22-19/h4-7,16,19H,3,8,15H2,1-2H3. The maximum absolute atomic E-state index is 14.1. The van der Waals surface area contributed by atoms with Crippen LogP contribution in [-0.2, 0) is 16.0 Å². The van der Waals surface area contributed by atoms with Crippen molar-refractivity contribution in [3.63, 3.8) is 0 Å². The zero-order valence-electron chi connectivity index (χ0n) is 13.1. The molecular formula is C14H18B3FO4. The molecule has 0 radical (unpaired) electrons. The van der Waals surface area contributed by atoms with Crippen LogP contribution in [0.1, 0.15) is 12.5 Å². The van der Waals surface area contributed by atoms with E-state index in [1.807, 2.05) is 26.8 Å². The van der Waals surface area contributed by atoms with E-state index in [9.17, 15) is 4.39 Å². The van der Waals surface area contributed by atoms with Crippen LogP contribution in [0.25, 0.3) is 10.8 Å². The highest BCUT2D eigenvalue weighted by Crippen LogP contribution is 2.25. The first-order chi connectivity index (χ1) is 10.6. The number of ether oxygens (including phenoxy) is 2. The molecule has 1 N–H and O–H groups in total. The van der Waals surface area contributed by atoms with Crippen molar-refractivity contribution in [2.24, 2.45) is 0 Å². The van der Waals surface area contributed by atoms with Gasteiger partial charge in [-0.15, -0.1) is 0 Å². The summed E-state index contributed by atoms with van der Waals surface area (Å²) in [6.45, 7) is 1.95. The van der Waals surface area contributed by atoms with Gasteiger partial charge in [-0.1, -0.05) is 18.5 Å². The summed E-state index contributed by atoms with van der Waals surface area (Å²) >= 11 is 0. The summed E-state index contributed by atoms with van der Waals surface area (Å²) in [5.41, 5.74) is 1.55. The van der Waals surface area contributed by atoms with Gasteiger partial charge in [0.1, 0.15) is 18.1 Å². The Hall–Kier alpha value is -1.50. The van der Waals surface area contributed by atoms with Gasteiger partial charge in [-0.05, 0) is 41.0 Å². The van der Waals surface area contributed by atoms with E-state index in [0.717, 1.165) is 16.2 Å². The smallest absolute Gasteiger partial charge is 0.283 e. The van der Waals surface area contributed by atoms with Gasteiger partial charge in [-0.3, -0.25) is 5.26 Å². The van der Waals surface area contributed by atoms with Crippen LogP contribution in [0.4, 0.5) is 4.39 Å². The molecule has 0 saturated carbocycles. The lowest BCUT2D eigenvalue weighted by molar-refractivity contribution is -0.134. The highest BCUT2D eigenvalue weighted by molar-refractivity contribution is 7.39. The van der Waals surface area contributed by atoms with Gasteiger partial charge in [0.05, 0.1) is 7.74 Å². The first kappa shape index (κ1) is 16.9. The van der Waals surface area contributed by atoms with E-state index in [0.29, 0.717) is 17.7 Å². The van der Waals surface area contributed by atoms with Crippen LogP contribution < -0.4 is 10.2 Å². The quantitative estimate of drug-likeness (QED) is 0.354. The van der Waals surface area contributed by atoms with E-state index >= 15 is 0 Å². The minimum Gasteiger partial charge on any atom is -0.468 e. The number of halogens is 1. The molecule has 2 aromatic rings. The molecule has 2 rings (SSSR count). The van der Waals surface area contributed by atoms with E-state index in [4.69, 9.17) is 14.7 Å². The van der Waals surface area contributed by atoms with Crippen molar-refractivity contribution in [1.29, 1.82) is 0 Å². The number of aryl methyl sites for hydroxylation is 1. The number of fused-ring (bicyclic) bond motifs is 1. The Morgan fingerprint density at radius 3 is 2.77 bits per heavy atom. The van der Waals surface area contributed by atoms with Crippen molar-refractivity contribution in [1.82, 2.24) is 0 Å². The Kier molecular flexibility index (Phi) is 5.88. The zero-order valence-corrected chi connectivity index (χ0v) is 13.1. The summed E-state index contributed by atoms with van der Waals surface area (Å²) in [5, 5.41) is 10.5. The second-order valence-corrected chi connectivity index (χ2v) is 5.24. The molecule has 0 aliphatic rings. The number of rotatable bonds is 7. The average Bonchev–Trinajstić information content (AvgIpc) is 2.52. The molecule has 0 aromatic heterocycles. The molecule has 114 valence electrons. The van der Waals surface area contributed by atoms with Crippen molar-refractivity contribution in [2.75, 3.05) is 13.9 Å². The van der Waals surface area contributed by atoms with Gasteiger partial charge in [-0.2, -0.15) is 0 Å². The predicted octanol–water partition coefficient (Wildman–Crippen LogP) is 0.693. The number of hydrogen-bond acceptors (Lipinski definition) is 4. The van der Waals surface area contributed by atoms with Crippen LogP contribution in [0, 0.1) is 5.82 Å². The van der Waals surface area contributed by atoms with Crippen molar-refractivity contribution in [2.45, 2.75) is 13.3 Å². The Labute approximate surface area is 131 Å². The third kappa shape index (κ3) is 3.46. The lowest BCUT2D eigenvalue weighted by Gasteiger charge is -2.17. The predicted molar refractivity (Wildman–Crippen MR) is 90.6 cm³/mol. The maximum Gasteiger partial charge on any atom is 0.283 e. The van der Waals surface area contributed by atoms with Gasteiger partial charge in [0, 0.05) is 7.11 Å². The molecule has 0 amide bonds. The molecule has 0 aliphatic carbocycles. The van der Waals surface area contributed by atoms with Crippen LogP contribution in [0.5, 0.6) is 5.75 Å². The topological polar surface area (TPSA) is 47.9 Å². The molecule has 0 fully saturated rings.